The van der Waals surface area contributed by atoms with E-state index in [4.69, 9.17) is 4.74 Å². The summed E-state index contributed by atoms with van der Waals surface area (Å²) in [5.41, 5.74) is 1.50. The minimum absolute atomic E-state index is 0. The van der Waals surface area contributed by atoms with Crippen LogP contribution in [0.4, 0.5) is 10.6 Å². The van der Waals surface area contributed by atoms with Gasteiger partial charge in [-0.25, -0.2) is 14.8 Å². The lowest BCUT2D eigenvalue weighted by Gasteiger charge is -2.22. The maximum atomic E-state index is 12.1. The zero-order chi connectivity index (χ0) is 20.0. The third-order valence-corrected chi connectivity index (χ3v) is 6.59. The summed E-state index contributed by atoms with van der Waals surface area (Å²) in [4.78, 5) is 21.0. The van der Waals surface area contributed by atoms with E-state index in [9.17, 15) is 4.79 Å². The predicted molar refractivity (Wildman–Crippen MR) is 129 cm³/mol. The largest absolute Gasteiger partial charge is 0.361 e. The number of aromatic nitrogens is 3. The number of fused-ring (bicyclic) bond motifs is 1. The molecule has 1 aliphatic rings. The van der Waals surface area contributed by atoms with Gasteiger partial charge in [-0.3, -0.25) is 5.32 Å². The van der Waals surface area contributed by atoms with E-state index in [-0.39, 0.29) is 30.8 Å². The molecule has 0 radical (unpaired) electrons. The third-order valence-electron chi connectivity index (χ3n) is 4.88. The molecule has 2 amide bonds. The van der Waals surface area contributed by atoms with Crippen LogP contribution < -0.4 is 16.0 Å². The molecule has 1 fully saturated rings. The average Bonchev–Trinajstić information content (AvgIpc) is 3.06. The summed E-state index contributed by atoms with van der Waals surface area (Å²) in [5, 5.41) is 9.04. The highest BCUT2D eigenvalue weighted by molar-refractivity contribution is 6.76. The van der Waals surface area contributed by atoms with E-state index in [1.54, 1.807) is 6.20 Å². The molecule has 30 heavy (non-hydrogen) atoms. The summed E-state index contributed by atoms with van der Waals surface area (Å²) in [6, 6.07) is 2.78. The molecule has 0 aromatic carbocycles. The number of carbonyl (C=O) groups is 1. The second-order valence-electron chi connectivity index (χ2n) is 8.65. The highest BCUT2D eigenvalue weighted by Crippen LogP contribution is 2.15. The van der Waals surface area contributed by atoms with Crippen LogP contribution in [0.3, 0.4) is 0 Å². The maximum absolute atomic E-state index is 12.1. The van der Waals surface area contributed by atoms with Crippen LogP contribution in [0, 0.1) is 5.92 Å². The van der Waals surface area contributed by atoms with E-state index in [1.807, 2.05) is 16.8 Å². The number of hydrogen-bond acceptors (Lipinski definition) is 5. The van der Waals surface area contributed by atoms with Crippen molar-refractivity contribution in [2.75, 3.05) is 31.6 Å². The number of carbonyl (C=O) groups excluding carboxylic acids is 1. The smallest absolute Gasteiger partial charge is 0.320 e. The number of anilines is 1. The lowest BCUT2D eigenvalue weighted by molar-refractivity contribution is 0.0899. The van der Waals surface area contributed by atoms with Gasteiger partial charge in [0.15, 0.2) is 11.5 Å². The van der Waals surface area contributed by atoms with Crippen LogP contribution in [-0.4, -0.2) is 54.9 Å². The minimum Gasteiger partial charge on any atom is -0.361 e. The van der Waals surface area contributed by atoms with Crippen LogP contribution in [0.5, 0.6) is 0 Å². The molecule has 0 saturated carbocycles. The molecule has 1 saturated heterocycles. The van der Waals surface area contributed by atoms with Crippen LogP contribution in [0.25, 0.3) is 11.2 Å². The second kappa shape index (κ2) is 12.5. The molecule has 1 aliphatic heterocycles. The normalized spacial score (nSPS) is 16.4. The number of amides is 2. The summed E-state index contributed by atoms with van der Waals surface area (Å²) < 4.78 is 7.73. The molecular formula is C19H34Cl2N6O2Si. The Balaban J connectivity index is 0.00000225. The molecule has 3 N–H and O–H groups in total. The molecule has 1 unspecified atom stereocenters. The SMILES string of the molecule is C[Si](C)(C)CCOCn1ccc2nc(NC(=O)NCC3CCCNC3)cnc21.Cl.Cl. The van der Waals surface area contributed by atoms with Crippen molar-refractivity contribution in [3.8, 4) is 0 Å². The number of piperidine rings is 1. The van der Waals surface area contributed by atoms with Gasteiger partial charge in [0.25, 0.3) is 0 Å². The summed E-state index contributed by atoms with van der Waals surface area (Å²) in [7, 11) is -1.09. The summed E-state index contributed by atoms with van der Waals surface area (Å²) in [6.45, 7) is 10.9. The van der Waals surface area contributed by atoms with E-state index in [0.717, 1.165) is 49.7 Å². The highest BCUT2D eigenvalue weighted by Gasteiger charge is 2.15. The average molecular weight is 478 g/mol. The number of halogens is 2. The van der Waals surface area contributed by atoms with Gasteiger partial charge in [-0.2, -0.15) is 0 Å². The highest BCUT2D eigenvalue weighted by atomic mass is 35.5. The van der Waals surface area contributed by atoms with Gasteiger partial charge in [-0.1, -0.05) is 19.6 Å². The van der Waals surface area contributed by atoms with Crippen molar-refractivity contribution >= 4 is 55.9 Å². The van der Waals surface area contributed by atoms with Crippen LogP contribution in [0.1, 0.15) is 12.8 Å². The summed E-state index contributed by atoms with van der Waals surface area (Å²) in [6.07, 6.45) is 5.81. The first-order chi connectivity index (χ1) is 13.4. The number of rotatable bonds is 8. The van der Waals surface area contributed by atoms with Gasteiger partial charge in [0.1, 0.15) is 12.2 Å². The van der Waals surface area contributed by atoms with Crippen molar-refractivity contribution in [2.45, 2.75) is 45.3 Å². The second-order valence-corrected chi connectivity index (χ2v) is 14.3. The molecule has 0 aliphatic carbocycles. The number of nitrogens with zero attached hydrogens (tertiary/aromatic N) is 3. The lowest BCUT2D eigenvalue weighted by atomic mass is 10.00. The monoisotopic (exact) mass is 476 g/mol. The van der Waals surface area contributed by atoms with E-state index < -0.39 is 8.07 Å². The Kier molecular flexibility index (Phi) is 11.1. The van der Waals surface area contributed by atoms with E-state index >= 15 is 0 Å². The first kappa shape index (κ1) is 26.6. The number of ether oxygens (including phenoxy) is 1. The number of hydrogen-bond donors (Lipinski definition) is 3. The molecule has 0 spiro atoms. The zero-order valence-corrected chi connectivity index (χ0v) is 20.6. The Morgan fingerprint density at radius 1 is 1.37 bits per heavy atom. The van der Waals surface area contributed by atoms with Crippen LogP contribution >= 0.6 is 24.8 Å². The number of urea groups is 1. The topological polar surface area (TPSA) is 93.1 Å². The summed E-state index contributed by atoms with van der Waals surface area (Å²) in [5.74, 6) is 0.937. The van der Waals surface area contributed by atoms with Gasteiger partial charge in [-0.15, -0.1) is 24.8 Å². The molecule has 0 bridgehead atoms. The summed E-state index contributed by atoms with van der Waals surface area (Å²) >= 11 is 0. The van der Waals surface area contributed by atoms with Crippen molar-refractivity contribution in [3.05, 3.63) is 18.5 Å². The van der Waals surface area contributed by atoms with Crippen molar-refractivity contribution < 1.29 is 9.53 Å². The predicted octanol–water partition coefficient (Wildman–Crippen LogP) is 3.71. The van der Waals surface area contributed by atoms with Crippen molar-refractivity contribution in [1.29, 1.82) is 0 Å². The van der Waals surface area contributed by atoms with Crippen LogP contribution in [0.15, 0.2) is 18.5 Å². The maximum Gasteiger partial charge on any atom is 0.320 e. The first-order valence-electron chi connectivity index (χ1n) is 10.1. The van der Waals surface area contributed by atoms with Gasteiger partial charge in [0.05, 0.1) is 6.20 Å². The standard InChI is InChI=1S/C19H32N6O2Si.2ClH/c1-28(2,3)10-9-27-14-25-8-6-16-18(25)21-13-17(23-16)24-19(26)22-12-15-5-4-7-20-11-15;;/h6,8,13,15,20H,4-5,7,9-12,14H2,1-3H3,(H2,22,23,24,26);2*1H. The van der Waals surface area contributed by atoms with Gasteiger partial charge >= 0.3 is 6.03 Å². The Morgan fingerprint density at radius 2 is 2.17 bits per heavy atom. The number of nitrogens with one attached hydrogen (secondary N) is 3. The van der Waals surface area contributed by atoms with Crippen molar-refractivity contribution in [2.24, 2.45) is 5.92 Å². The van der Waals surface area contributed by atoms with Gasteiger partial charge in [-0.05, 0) is 44.0 Å². The van der Waals surface area contributed by atoms with Gasteiger partial charge < -0.3 is 19.9 Å². The van der Waals surface area contributed by atoms with Crippen LogP contribution in [0.2, 0.25) is 25.7 Å². The lowest BCUT2D eigenvalue weighted by Crippen LogP contribution is -2.39. The van der Waals surface area contributed by atoms with Gasteiger partial charge in [0.2, 0.25) is 0 Å². The molecule has 3 heterocycles. The Bertz CT molecular complexity index is 793. The molecule has 8 nitrogen and oxygen atoms in total. The van der Waals surface area contributed by atoms with Crippen molar-refractivity contribution in [1.82, 2.24) is 25.2 Å². The van der Waals surface area contributed by atoms with Crippen molar-refractivity contribution in [3.63, 3.8) is 0 Å². The zero-order valence-electron chi connectivity index (χ0n) is 17.9. The molecular weight excluding hydrogens is 443 g/mol. The fraction of sp³-hybridized carbons (Fsp3) is 0.632. The molecule has 11 heteroatoms. The van der Waals surface area contributed by atoms with E-state index in [1.165, 1.54) is 0 Å². The van der Waals surface area contributed by atoms with E-state index in [2.05, 4.69) is 45.6 Å². The quantitative estimate of drug-likeness (QED) is 0.398. The molecule has 2 aromatic heterocycles. The minimum atomic E-state index is -1.09. The van der Waals surface area contributed by atoms with Crippen LogP contribution in [-0.2, 0) is 11.5 Å². The molecule has 3 rings (SSSR count). The molecule has 1 atom stereocenters. The fourth-order valence-electron chi connectivity index (χ4n) is 3.16. The Labute approximate surface area is 191 Å². The molecule has 170 valence electrons. The molecule has 2 aromatic rings. The Morgan fingerprint density at radius 3 is 2.87 bits per heavy atom. The van der Waals surface area contributed by atoms with E-state index in [0.29, 0.717) is 25.0 Å². The Hall–Kier alpha value is -1.39. The fourth-order valence-corrected chi connectivity index (χ4v) is 3.92. The van der Waals surface area contributed by atoms with Gasteiger partial charge in [0, 0.05) is 27.4 Å². The third kappa shape index (κ3) is 8.39. The first-order valence-corrected chi connectivity index (χ1v) is 13.8.